The molecular formula is C12H14O4. The standard InChI is InChI=1S/C12H14O4/c1-15-11(13)9-5-3-4-6(9)8(4)10(7(3)5)12(14)16-2/h3-10H,1-2H3/t3?,4?,5-,6+,7+,8-,9?,10?. The van der Waals surface area contributed by atoms with Crippen LogP contribution in [-0.2, 0) is 19.1 Å². The molecular weight excluding hydrogens is 208 g/mol. The summed E-state index contributed by atoms with van der Waals surface area (Å²) in [6.45, 7) is 0. The number of methoxy groups -OCH3 is 2. The van der Waals surface area contributed by atoms with E-state index in [9.17, 15) is 9.59 Å². The maximum Gasteiger partial charge on any atom is 0.309 e. The number of hydrogen-bond donors (Lipinski definition) is 0. The van der Waals surface area contributed by atoms with Gasteiger partial charge in [-0.25, -0.2) is 0 Å². The first-order valence-corrected chi connectivity index (χ1v) is 5.88. The molecule has 4 aliphatic carbocycles. The third kappa shape index (κ3) is 0.711. The molecule has 8 atom stereocenters. The van der Waals surface area contributed by atoms with Crippen molar-refractivity contribution >= 4 is 11.9 Å². The summed E-state index contributed by atoms with van der Waals surface area (Å²) >= 11 is 0. The van der Waals surface area contributed by atoms with Crippen LogP contribution in [0.1, 0.15) is 0 Å². The van der Waals surface area contributed by atoms with E-state index in [1.165, 1.54) is 14.2 Å². The van der Waals surface area contributed by atoms with E-state index in [4.69, 9.17) is 9.47 Å². The summed E-state index contributed by atoms with van der Waals surface area (Å²) in [5.41, 5.74) is 0. The molecule has 86 valence electrons. The van der Waals surface area contributed by atoms with Gasteiger partial charge in [-0.2, -0.15) is 0 Å². The second kappa shape index (κ2) is 2.44. The smallest absolute Gasteiger partial charge is 0.309 e. The SMILES string of the molecule is COC(=O)C1[C@@H]2C3C4[C@@H](C(C(=O)OC)[C@@H]32)[C@@H]14. The molecule has 4 saturated carbocycles. The Balaban J connectivity index is 1.62. The van der Waals surface area contributed by atoms with E-state index in [1.807, 2.05) is 0 Å². The zero-order valence-corrected chi connectivity index (χ0v) is 9.25. The first-order valence-electron chi connectivity index (χ1n) is 5.88. The van der Waals surface area contributed by atoms with E-state index >= 15 is 0 Å². The van der Waals surface area contributed by atoms with Gasteiger partial charge in [0.05, 0.1) is 26.1 Å². The van der Waals surface area contributed by atoms with Gasteiger partial charge in [0.2, 0.25) is 0 Å². The zero-order valence-electron chi connectivity index (χ0n) is 9.25. The van der Waals surface area contributed by atoms with Crippen LogP contribution in [0, 0.1) is 47.3 Å². The molecule has 4 unspecified atom stereocenters. The van der Waals surface area contributed by atoms with E-state index in [1.54, 1.807) is 0 Å². The third-order valence-corrected chi connectivity index (χ3v) is 5.43. The molecule has 0 amide bonds. The Labute approximate surface area is 93.3 Å². The maximum atomic E-state index is 11.7. The fourth-order valence-electron chi connectivity index (χ4n) is 5.13. The lowest BCUT2D eigenvalue weighted by Gasteiger charge is -2.23. The number of ether oxygens (including phenoxy) is 2. The molecule has 16 heavy (non-hydrogen) atoms. The lowest BCUT2D eigenvalue weighted by Crippen LogP contribution is -2.32. The van der Waals surface area contributed by atoms with E-state index in [2.05, 4.69) is 0 Å². The number of hydrogen-bond acceptors (Lipinski definition) is 4. The van der Waals surface area contributed by atoms with E-state index in [-0.39, 0.29) is 23.8 Å². The van der Waals surface area contributed by atoms with Crippen LogP contribution in [0.2, 0.25) is 0 Å². The highest BCUT2D eigenvalue weighted by Gasteiger charge is 2.89. The fraction of sp³-hybridized carbons (Fsp3) is 0.833. The molecule has 4 rings (SSSR count). The molecule has 0 heterocycles. The van der Waals surface area contributed by atoms with Gasteiger partial charge < -0.3 is 9.47 Å². The first-order chi connectivity index (χ1) is 7.72. The molecule has 4 fully saturated rings. The Morgan fingerprint density at radius 1 is 0.688 bits per heavy atom. The van der Waals surface area contributed by atoms with Gasteiger partial charge in [0, 0.05) is 0 Å². The molecule has 0 aromatic heterocycles. The predicted molar refractivity (Wildman–Crippen MR) is 52.0 cm³/mol. The Kier molecular flexibility index (Phi) is 1.37. The quantitative estimate of drug-likeness (QED) is 0.631. The summed E-state index contributed by atoms with van der Waals surface area (Å²) in [4.78, 5) is 23.3. The second-order valence-electron chi connectivity index (χ2n) is 5.56. The van der Waals surface area contributed by atoms with Crippen LogP contribution in [0.3, 0.4) is 0 Å². The summed E-state index contributed by atoms with van der Waals surface area (Å²) in [5.74, 6) is 3.03. The van der Waals surface area contributed by atoms with Crippen LogP contribution >= 0.6 is 0 Å². The summed E-state index contributed by atoms with van der Waals surface area (Å²) < 4.78 is 9.73. The van der Waals surface area contributed by atoms with Gasteiger partial charge in [0.25, 0.3) is 0 Å². The first kappa shape index (κ1) is 9.02. The minimum Gasteiger partial charge on any atom is -0.469 e. The Morgan fingerprint density at radius 2 is 1.00 bits per heavy atom. The fourth-order valence-corrected chi connectivity index (χ4v) is 5.13. The lowest BCUT2D eigenvalue weighted by atomic mass is 9.82. The maximum absolute atomic E-state index is 11.7. The number of carbonyl (C=O) groups excluding carboxylic acids is 2. The molecule has 0 N–H and O–H groups in total. The largest absolute Gasteiger partial charge is 0.469 e. The zero-order chi connectivity index (χ0) is 11.2. The van der Waals surface area contributed by atoms with Crippen molar-refractivity contribution in [3.63, 3.8) is 0 Å². The highest BCUT2D eigenvalue weighted by atomic mass is 16.5. The highest BCUT2D eigenvalue weighted by Crippen LogP contribution is 2.88. The number of carbonyl (C=O) groups is 2. The summed E-state index contributed by atoms with van der Waals surface area (Å²) in [6, 6.07) is 0. The summed E-state index contributed by atoms with van der Waals surface area (Å²) in [7, 11) is 2.91. The van der Waals surface area contributed by atoms with Crippen molar-refractivity contribution in [3.8, 4) is 0 Å². The van der Waals surface area contributed by atoms with E-state index in [0.717, 1.165) is 0 Å². The van der Waals surface area contributed by atoms with Gasteiger partial charge in [0.1, 0.15) is 0 Å². The van der Waals surface area contributed by atoms with Crippen molar-refractivity contribution in [1.29, 1.82) is 0 Å². The molecule has 0 aromatic carbocycles. The van der Waals surface area contributed by atoms with Gasteiger partial charge in [-0.15, -0.1) is 0 Å². The van der Waals surface area contributed by atoms with Gasteiger partial charge >= 0.3 is 11.9 Å². The minimum atomic E-state index is -0.0594. The molecule has 4 heteroatoms. The van der Waals surface area contributed by atoms with Crippen LogP contribution in [0.4, 0.5) is 0 Å². The van der Waals surface area contributed by atoms with Crippen LogP contribution in [-0.4, -0.2) is 26.2 Å². The number of fused-ring (bicyclic) bond motifs is 2. The topological polar surface area (TPSA) is 52.6 Å². The number of rotatable bonds is 2. The molecule has 0 spiro atoms. The minimum absolute atomic E-state index is 0.0594. The van der Waals surface area contributed by atoms with E-state index in [0.29, 0.717) is 35.5 Å². The van der Waals surface area contributed by atoms with Gasteiger partial charge in [0.15, 0.2) is 0 Å². The third-order valence-electron chi connectivity index (χ3n) is 5.43. The lowest BCUT2D eigenvalue weighted by molar-refractivity contribution is -0.153. The summed E-state index contributed by atoms with van der Waals surface area (Å²) in [6.07, 6.45) is 0. The molecule has 0 radical (unpaired) electrons. The molecule has 0 saturated heterocycles. The Bertz CT molecular complexity index is 346. The molecule has 4 nitrogen and oxygen atoms in total. The van der Waals surface area contributed by atoms with Crippen molar-refractivity contribution < 1.29 is 19.1 Å². The molecule has 0 aliphatic heterocycles. The van der Waals surface area contributed by atoms with Crippen molar-refractivity contribution in [2.75, 3.05) is 14.2 Å². The van der Waals surface area contributed by atoms with Gasteiger partial charge in [-0.1, -0.05) is 0 Å². The van der Waals surface area contributed by atoms with Crippen LogP contribution in [0.15, 0.2) is 0 Å². The van der Waals surface area contributed by atoms with Crippen LogP contribution in [0.25, 0.3) is 0 Å². The molecule has 4 aliphatic rings. The van der Waals surface area contributed by atoms with Crippen molar-refractivity contribution in [3.05, 3.63) is 0 Å². The average molecular weight is 222 g/mol. The molecule has 0 bridgehead atoms. The van der Waals surface area contributed by atoms with Crippen molar-refractivity contribution in [1.82, 2.24) is 0 Å². The predicted octanol–water partition coefficient (Wildman–Crippen LogP) is 0.316. The monoisotopic (exact) mass is 222 g/mol. The van der Waals surface area contributed by atoms with Crippen LogP contribution in [0.5, 0.6) is 0 Å². The van der Waals surface area contributed by atoms with Crippen molar-refractivity contribution in [2.24, 2.45) is 47.3 Å². The Hall–Kier alpha value is -1.06. The molecule has 0 aromatic rings. The average Bonchev–Trinajstić information content (AvgIpc) is 3.15. The van der Waals surface area contributed by atoms with Gasteiger partial charge in [-0.05, 0) is 35.5 Å². The van der Waals surface area contributed by atoms with Gasteiger partial charge in [-0.3, -0.25) is 9.59 Å². The van der Waals surface area contributed by atoms with Crippen LogP contribution < -0.4 is 0 Å². The highest BCUT2D eigenvalue weighted by molar-refractivity contribution is 5.81. The second-order valence-corrected chi connectivity index (χ2v) is 5.56. The van der Waals surface area contributed by atoms with Crippen molar-refractivity contribution in [2.45, 2.75) is 0 Å². The Morgan fingerprint density at radius 3 is 1.25 bits per heavy atom. The van der Waals surface area contributed by atoms with E-state index < -0.39 is 0 Å². The number of esters is 2. The normalized spacial score (nSPS) is 57.9. The summed E-state index contributed by atoms with van der Waals surface area (Å²) in [5, 5.41) is 0.